The average Bonchev–Trinajstić information content (AvgIpc) is 3.10. The van der Waals surface area contributed by atoms with Gasteiger partial charge in [0.2, 0.25) is 5.91 Å². The van der Waals surface area contributed by atoms with Gasteiger partial charge in [0.1, 0.15) is 4.32 Å². The molecule has 3 rings (SSSR count). The molecular weight excluding hydrogens is 513 g/mol. The van der Waals surface area contributed by atoms with Crippen molar-refractivity contribution in [1.82, 2.24) is 4.90 Å². The van der Waals surface area contributed by atoms with Gasteiger partial charge in [-0.05, 0) is 54.8 Å². The van der Waals surface area contributed by atoms with Crippen LogP contribution < -0.4 is 5.32 Å². The van der Waals surface area contributed by atoms with E-state index in [4.69, 9.17) is 12.2 Å². The van der Waals surface area contributed by atoms with E-state index in [1.165, 1.54) is 35.9 Å². The van der Waals surface area contributed by atoms with Crippen LogP contribution in [0.25, 0.3) is 6.08 Å². The van der Waals surface area contributed by atoms with E-state index < -0.39 is 17.7 Å². The Morgan fingerprint density at radius 3 is 2.50 bits per heavy atom. The monoisotopic (exact) mass is 536 g/mol. The van der Waals surface area contributed by atoms with Crippen LogP contribution in [0, 0.1) is 0 Å². The maximum Gasteiger partial charge on any atom is 0.416 e. The number of nitrogens with one attached hydrogen (secondary N) is 1. The molecule has 0 bridgehead atoms. The third-order valence-corrected chi connectivity index (χ3v) is 6.64. The second-order valence-corrected chi connectivity index (χ2v) is 9.56. The summed E-state index contributed by atoms with van der Waals surface area (Å²) in [7, 11) is 1.30. The molecule has 6 nitrogen and oxygen atoms in total. The minimum atomic E-state index is -4.48. The number of ether oxygens (including phenoxy) is 1. The SMILES string of the molecule is COC(=O)c1ccc(/C=C2\SC(=S)N(CCCCCC(=O)Nc3cccc(C(F)(F)F)c3)C2=O)cc1. The molecule has 2 amide bonds. The van der Waals surface area contributed by atoms with Crippen molar-refractivity contribution in [2.24, 2.45) is 0 Å². The predicted molar refractivity (Wildman–Crippen MR) is 136 cm³/mol. The number of alkyl halides is 3. The molecule has 0 aromatic heterocycles. The first-order chi connectivity index (χ1) is 17.1. The van der Waals surface area contributed by atoms with Crippen LogP contribution in [0.1, 0.15) is 47.2 Å². The van der Waals surface area contributed by atoms with Crippen LogP contribution in [0.5, 0.6) is 0 Å². The van der Waals surface area contributed by atoms with Crippen LogP contribution >= 0.6 is 24.0 Å². The molecular formula is C25H23F3N2O4S2. The first-order valence-corrected chi connectivity index (χ1v) is 12.2. The second kappa shape index (κ2) is 12.2. The van der Waals surface area contributed by atoms with Crippen LogP contribution in [0.4, 0.5) is 18.9 Å². The number of rotatable bonds is 9. The fourth-order valence-corrected chi connectivity index (χ4v) is 4.72. The van der Waals surface area contributed by atoms with Crippen LogP contribution in [-0.2, 0) is 20.5 Å². The van der Waals surface area contributed by atoms with Gasteiger partial charge < -0.3 is 10.1 Å². The summed E-state index contributed by atoms with van der Waals surface area (Å²) in [6, 6.07) is 11.1. The summed E-state index contributed by atoms with van der Waals surface area (Å²) in [5, 5.41) is 2.48. The fourth-order valence-electron chi connectivity index (χ4n) is 3.41. The van der Waals surface area contributed by atoms with Crippen molar-refractivity contribution in [1.29, 1.82) is 0 Å². The lowest BCUT2D eigenvalue weighted by molar-refractivity contribution is -0.137. The summed E-state index contributed by atoms with van der Waals surface area (Å²) < 4.78 is 43.5. The highest BCUT2D eigenvalue weighted by Gasteiger charge is 2.32. The van der Waals surface area contributed by atoms with Crippen LogP contribution in [-0.4, -0.2) is 40.7 Å². The number of benzene rings is 2. The third kappa shape index (κ3) is 7.41. The van der Waals surface area contributed by atoms with Crippen LogP contribution in [0.3, 0.4) is 0 Å². The maximum absolute atomic E-state index is 12.8. The van der Waals surface area contributed by atoms with Gasteiger partial charge in [-0.3, -0.25) is 14.5 Å². The van der Waals surface area contributed by atoms with Crippen molar-refractivity contribution < 1.29 is 32.3 Å². The number of carbonyl (C=O) groups excluding carboxylic acids is 3. The van der Waals surface area contributed by atoms with E-state index >= 15 is 0 Å². The molecule has 11 heteroatoms. The van der Waals surface area contributed by atoms with Crippen LogP contribution in [0.2, 0.25) is 0 Å². The maximum atomic E-state index is 12.8. The van der Waals surface area contributed by atoms with Crippen molar-refractivity contribution >= 4 is 57.8 Å². The first-order valence-electron chi connectivity index (χ1n) is 11.0. The van der Waals surface area contributed by atoms with Gasteiger partial charge in [0.25, 0.3) is 5.91 Å². The molecule has 1 fully saturated rings. The number of unbranched alkanes of at least 4 members (excludes halogenated alkanes) is 2. The lowest BCUT2D eigenvalue weighted by Gasteiger charge is -2.14. The Labute approximate surface area is 215 Å². The number of halogens is 3. The van der Waals surface area contributed by atoms with E-state index in [1.807, 2.05) is 0 Å². The molecule has 1 aliphatic rings. The van der Waals surface area contributed by atoms with Crippen molar-refractivity contribution in [2.45, 2.75) is 31.9 Å². The van der Waals surface area contributed by atoms with Gasteiger partial charge in [-0.1, -0.05) is 48.6 Å². The molecule has 1 heterocycles. The van der Waals surface area contributed by atoms with Gasteiger partial charge in [0, 0.05) is 18.7 Å². The number of carbonyl (C=O) groups is 3. The normalized spacial score (nSPS) is 14.9. The number of hydrogen-bond donors (Lipinski definition) is 1. The van der Waals surface area contributed by atoms with Gasteiger partial charge in [-0.15, -0.1) is 0 Å². The van der Waals surface area contributed by atoms with Crippen molar-refractivity contribution in [2.75, 3.05) is 19.0 Å². The van der Waals surface area contributed by atoms with Gasteiger partial charge in [0.15, 0.2) is 0 Å². The minimum Gasteiger partial charge on any atom is -0.465 e. The Morgan fingerprint density at radius 2 is 1.83 bits per heavy atom. The summed E-state index contributed by atoms with van der Waals surface area (Å²) in [6.45, 7) is 0.401. The molecule has 2 aromatic rings. The van der Waals surface area contributed by atoms with Crippen molar-refractivity contribution in [3.63, 3.8) is 0 Å². The standard InChI is InChI=1S/C25H23F3N2O4S2/c1-34-23(33)17-11-9-16(10-12-17)14-20-22(32)30(24(35)36-20)13-4-2-3-8-21(31)29-19-7-5-6-18(15-19)25(26,27)28/h5-7,9-12,14-15H,2-4,8,13H2,1H3,(H,29,31)/b20-14-. The number of nitrogens with zero attached hydrogens (tertiary/aromatic N) is 1. The Bertz CT molecular complexity index is 1180. The van der Waals surface area contributed by atoms with Crippen LogP contribution in [0.15, 0.2) is 53.4 Å². The molecule has 0 unspecified atom stereocenters. The number of thioether (sulfide) groups is 1. The van der Waals surface area contributed by atoms with Crippen molar-refractivity contribution in [3.05, 3.63) is 70.1 Å². The topological polar surface area (TPSA) is 75.7 Å². The molecule has 2 aromatic carbocycles. The van der Waals surface area contributed by atoms with Gasteiger partial charge in [-0.25, -0.2) is 4.79 Å². The first kappa shape index (κ1) is 27.4. The van der Waals surface area contributed by atoms with E-state index in [1.54, 1.807) is 30.3 Å². The predicted octanol–water partition coefficient (Wildman–Crippen LogP) is 5.89. The number of esters is 1. The number of anilines is 1. The van der Waals surface area contributed by atoms with Gasteiger partial charge >= 0.3 is 12.1 Å². The highest BCUT2D eigenvalue weighted by atomic mass is 32.2. The number of methoxy groups -OCH3 is 1. The molecule has 36 heavy (non-hydrogen) atoms. The van der Waals surface area contributed by atoms with E-state index in [2.05, 4.69) is 10.1 Å². The molecule has 190 valence electrons. The Hall–Kier alpha value is -3.18. The Morgan fingerprint density at radius 1 is 1.11 bits per heavy atom. The summed E-state index contributed by atoms with van der Waals surface area (Å²) in [4.78, 5) is 38.3. The van der Waals surface area contributed by atoms with E-state index in [9.17, 15) is 27.6 Å². The summed E-state index contributed by atoms with van der Waals surface area (Å²) in [5.74, 6) is -1.02. The van der Waals surface area contributed by atoms with Gasteiger partial charge in [0.05, 0.1) is 23.1 Å². The van der Waals surface area contributed by atoms with E-state index in [0.29, 0.717) is 40.6 Å². The molecule has 0 spiro atoms. The molecule has 0 atom stereocenters. The van der Waals surface area contributed by atoms with E-state index in [0.717, 1.165) is 17.7 Å². The zero-order chi connectivity index (χ0) is 26.3. The third-order valence-electron chi connectivity index (χ3n) is 5.26. The van der Waals surface area contributed by atoms with E-state index in [-0.39, 0.29) is 23.9 Å². The molecule has 1 aliphatic heterocycles. The smallest absolute Gasteiger partial charge is 0.416 e. The van der Waals surface area contributed by atoms with Crippen molar-refractivity contribution in [3.8, 4) is 0 Å². The lowest BCUT2D eigenvalue weighted by Crippen LogP contribution is -2.29. The molecule has 0 radical (unpaired) electrons. The number of amides is 2. The Kier molecular flexibility index (Phi) is 9.27. The highest BCUT2D eigenvalue weighted by molar-refractivity contribution is 8.26. The molecule has 1 saturated heterocycles. The molecule has 0 saturated carbocycles. The molecule has 0 aliphatic carbocycles. The lowest BCUT2D eigenvalue weighted by atomic mass is 10.1. The number of thiocarbonyl (C=S) groups is 1. The molecule has 1 N–H and O–H groups in total. The Balaban J connectivity index is 1.43. The zero-order valence-electron chi connectivity index (χ0n) is 19.3. The fraction of sp³-hybridized carbons (Fsp3) is 0.280. The summed E-state index contributed by atoms with van der Waals surface area (Å²) in [6.07, 6.45) is -0.848. The average molecular weight is 537 g/mol. The summed E-state index contributed by atoms with van der Waals surface area (Å²) >= 11 is 6.53. The zero-order valence-corrected chi connectivity index (χ0v) is 20.9. The van der Waals surface area contributed by atoms with Gasteiger partial charge in [-0.2, -0.15) is 13.2 Å². The summed E-state index contributed by atoms with van der Waals surface area (Å²) in [5.41, 5.74) is 0.427. The largest absolute Gasteiger partial charge is 0.465 e. The number of hydrogen-bond acceptors (Lipinski definition) is 6. The second-order valence-electron chi connectivity index (χ2n) is 7.88. The highest BCUT2D eigenvalue weighted by Crippen LogP contribution is 2.33. The minimum absolute atomic E-state index is 0.0964. The quantitative estimate of drug-likeness (QED) is 0.186.